The van der Waals surface area contributed by atoms with Gasteiger partial charge in [-0.1, -0.05) is 107 Å². The van der Waals surface area contributed by atoms with Crippen LogP contribution in [0.2, 0.25) is 0 Å². The van der Waals surface area contributed by atoms with Gasteiger partial charge in [-0.2, -0.15) is 0 Å². The topological polar surface area (TPSA) is 86.7 Å². The summed E-state index contributed by atoms with van der Waals surface area (Å²) in [6, 6.07) is 0. The molecular formula is C30H28Br2O6. The molecule has 8 heteroatoms. The first-order valence-electron chi connectivity index (χ1n) is 12.8. The van der Waals surface area contributed by atoms with Crippen molar-refractivity contribution in [3.63, 3.8) is 0 Å². The molecule has 6 atom stereocenters. The number of carbonyl (C=O) groups is 4. The molecular weight excluding hydrogens is 616 g/mol. The third-order valence-corrected chi connectivity index (χ3v) is 12.6. The van der Waals surface area contributed by atoms with Crippen molar-refractivity contribution >= 4 is 55.4 Å². The molecule has 0 aromatic heterocycles. The lowest BCUT2D eigenvalue weighted by molar-refractivity contribution is -0.139. The highest BCUT2D eigenvalue weighted by atomic mass is 79.9. The van der Waals surface area contributed by atoms with Crippen LogP contribution in [-0.2, 0) is 28.7 Å². The Kier molecular flexibility index (Phi) is 5.22. The monoisotopic (exact) mass is 642 g/mol. The van der Waals surface area contributed by atoms with E-state index in [9.17, 15) is 19.2 Å². The predicted octanol–water partition coefficient (Wildman–Crippen LogP) is 4.90. The Bertz CT molecular complexity index is 1360. The number of allylic oxidation sites excluding steroid dienone is 10. The Hall–Kier alpha value is -2.32. The SMILES string of the molecule is COC(=O)C1=C2C=C(C(C)C)[C@@H]3C=C[C@@]24[C@@]25C=C[C@H](C(C(C)C)=CC2=C(C(=O)OC)C(=O)[C@@]35Br)[C@@]4(Br)C1=O. The first-order chi connectivity index (χ1) is 17.8. The second-order valence-corrected chi connectivity index (χ2v) is 14.0. The number of esters is 2. The minimum atomic E-state index is -1.33. The highest BCUT2D eigenvalue weighted by Gasteiger charge is 2.85. The van der Waals surface area contributed by atoms with Crippen LogP contribution in [0.15, 0.2) is 69.9 Å². The van der Waals surface area contributed by atoms with Crippen LogP contribution in [0.1, 0.15) is 27.7 Å². The molecule has 8 aliphatic carbocycles. The molecule has 0 radical (unpaired) electrons. The summed E-state index contributed by atoms with van der Waals surface area (Å²) in [5.41, 5.74) is 0.402. The Morgan fingerprint density at radius 3 is 1.37 bits per heavy atom. The maximum atomic E-state index is 14.6. The number of halogens is 2. The third-order valence-electron chi connectivity index (χ3n) is 9.66. The lowest BCUT2D eigenvalue weighted by Crippen LogP contribution is -2.68. The second kappa shape index (κ2) is 7.66. The fourth-order valence-corrected chi connectivity index (χ4v) is 10.7. The second-order valence-electron chi connectivity index (χ2n) is 11.5. The third kappa shape index (κ3) is 2.31. The van der Waals surface area contributed by atoms with Crippen LogP contribution in [0, 0.1) is 34.5 Å². The number of carbonyl (C=O) groups excluding carboxylic acids is 4. The molecule has 0 amide bonds. The first-order valence-corrected chi connectivity index (χ1v) is 14.4. The molecule has 6 nitrogen and oxygen atoms in total. The van der Waals surface area contributed by atoms with Crippen LogP contribution in [-0.4, -0.2) is 46.4 Å². The van der Waals surface area contributed by atoms with Gasteiger partial charge in [0.2, 0.25) is 0 Å². The quantitative estimate of drug-likeness (QED) is 0.188. The highest BCUT2D eigenvalue weighted by Crippen LogP contribution is 2.82. The zero-order valence-corrected chi connectivity index (χ0v) is 25.2. The molecule has 38 heavy (non-hydrogen) atoms. The Labute approximate surface area is 238 Å². The number of methoxy groups -OCH3 is 2. The van der Waals surface area contributed by atoms with E-state index in [1.54, 1.807) is 0 Å². The number of hydrogen-bond donors (Lipinski definition) is 0. The number of ether oxygens (including phenoxy) is 2. The van der Waals surface area contributed by atoms with Gasteiger partial charge in [-0.3, -0.25) is 9.59 Å². The molecule has 0 N–H and O–H groups in total. The van der Waals surface area contributed by atoms with Crippen molar-refractivity contribution in [2.45, 2.75) is 36.3 Å². The Morgan fingerprint density at radius 1 is 0.737 bits per heavy atom. The summed E-state index contributed by atoms with van der Waals surface area (Å²) in [4.78, 5) is 56.0. The molecule has 0 unspecified atom stereocenters. The summed E-state index contributed by atoms with van der Waals surface area (Å²) in [5, 5.41) is 0. The van der Waals surface area contributed by atoms with Gasteiger partial charge in [0.15, 0.2) is 11.6 Å². The van der Waals surface area contributed by atoms with E-state index in [1.165, 1.54) is 14.2 Å². The van der Waals surface area contributed by atoms with Crippen LogP contribution < -0.4 is 0 Å². The van der Waals surface area contributed by atoms with Gasteiger partial charge in [0, 0.05) is 11.8 Å². The fourth-order valence-electron chi connectivity index (χ4n) is 8.18. The largest absolute Gasteiger partial charge is 0.465 e. The molecule has 8 rings (SSSR count). The van der Waals surface area contributed by atoms with Gasteiger partial charge >= 0.3 is 11.9 Å². The Balaban J connectivity index is 1.90. The average molecular weight is 644 g/mol. The van der Waals surface area contributed by atoms with E-state index < -0.39 is 43.3 Å². The van der Waals surface area contributed by atoms with E-state index in [0.29, 0.717) is 11.1 Å². The number of ketones is 2. The predicted molar refractivity (Wildman–Crippen MR) is 147 cm³/mol. The molecule has 0 aliphatic heterocycles. The van der Waals surface area contributed by atoms with E-state index in [-0.39, 0.29) is 34.5 Å². The number of rotatable bonds is 4. The van der Waals surface area contributed by atoms with Crippen molar-refractivity contribution < 1.29 is 28.7 Å². The summed E-state index contributed by atoms with van der Waals surface area (Å²) in [6.45, 7) is 8.09. The maximum Gasteiger partial charge on any atom is 0.341 e. The van der Waals surface area contributed by atoms with Crippen LogP contribution in [0.5, 0.6) is 0 Å². The first kappa shape index (κ1) is 25.9. The van der Waals surface area contributed by atoms with E-state index in [4.69, 9.17) is 9.47 Å². The highest BCUT2D eigenvalue weighted by molar-refractivity contribution is 9.10. The molecule has 0 fully saturated rings. The molecule has 8 aliphatic rings. The van der Waals surface area contributed by atoms with Crippen LogP contribution >= 0.6 is 31.9 Å². The molecule has 0 heterocycles. The number of hydrogen-bond acceptors (Lipinski definition) is 6. The van der Waals surface area contributed by atoms with Crippen molar-refractivity contribution in [1.29, 1.82) is 0 Å². The molecule has 0 saturated carbocycles. The van der Waals surface area contributed by atoms with Crippen molar-refractivity contribution in [2.24, 2.45) is 34.5 Å². The zero-order chi connectivity index (χ0) is 27.7. The smallest absolute Gasteiger partial charge is 0.341 e. The lowest BCUT2D eigenvalue weighted by atomic mass is 9.44. The van der Waals surface area contributed by atoms with E-state index in [2.05, 4.69) is 31.9 Å². The van der Waals surface area contributed by atoms with Gasteiger partial charge in [-0.05, 0) is 23.0 Å². The Morgan fingerprint density at radius 2 is 1.08 bits per heavy atom. The van der Waals surface area contributed by atoms with E-state index in [1.807, 2.05) is 64.2 Å². The molecule has 0 saturated heterocycles. The van der Waals surface area contributed by atoms with E-state index in [0.717, 1.165) is 11.1 Å². The molecule has 0 aromatic carbocycles. The van der Waals surface area contributed by atoms with Gasteiger partial charge in [0.05, 0.1) is 25.0 Å². The summed E-state index contributed by atoms with van der Waals surface area (Å²) < 4.78 is 7.70. The normalized spacial score (nSPS) is 39.6. The average Bonchev–Trinajstić information content (AvgIpc) is 3.06. The lowest BCUT2D eigenvalue weighted by Gasteiger charge is -2.62. The van der Waals surface area contributed by atoms with Crippen molar-refractivity contribution in [3.05, 3.63) is 69.9 Å². The van der Waals surface area contributed by atoms with Gasteiger partial charge in [0.25, 0.3) is 0 Å². The number of alkyl halides is 2. The van der Waals surface area contributed by atoms with Crippen LogP contribution in [0.4, 0.5) is 0 Å². The molecule has 2 spiro atoms. The molecule has 4 bridgehead atoms. The summed E-state index contributed by atoms with van der Waals surface area (Å²) in [7, 11) is 2.54. The van der Waals surface area contributed by atoms with Gasteiger partial charge in [-0.15, -0.1) is 0 Å². The maximum absolute atomic E-state index is 14.6. The van der Waals surface area contributed by atoms with Gasteiger partial charge in [-0.25, -0.2) is 9.59 Å². The van der Waals surface area contributed by atoms with E-state index >= 15 is 0 Å². The van der Waals surface area contributed by atoms with Gasteiger partial charge < -0.3 is 9.47 Å². The summed E-state index contributed by atoms with van der Waals surface area (Å²) in [6.07, 6.45) is 11.9. The number of Topliss-reactive ketones (excluding diaryl/α,β-unsaturated/α-hetero) is 2. The minimum Gasteiger partial charge on any atom is -0.465 e. The van der Waals surface area contributed by atoms with Crippen LogP contribution in [0.3, 0.4) is 0 Å². The summed E-state index contributed by atoms with van der Waals surface area (Å²) in [5.74, 6) is -3.12. The standard InChI is InChI=1S/C30H28Br2O6/c1-13(2)15-11-19-21(25(35)37-5)24(34)30(32)18-8-10-28-20(12-16(18)14(3)4)22(26(36)38-6)23(33)29(28,31)17(15)7-9-27(19,28)30/h7-14,17-18H,1-6H3/t17-,18+,27-,28+,29-,30+. The van der Waals surface area contributed by atoms with Crippen LogP contribution in [0.25, 0.3) is 0 Å². The van der Waals surface area contributed by atoms with Crippen molar-refractivity contribution in [2.75, 3.05) is 14.2 Å². The molecule has 198 valence electrons. The molecule has 0 aromatic rings. The summed E-state index contributed by atoms with van der Waals surface area (Å²) >= 11 is 7.97. The van der Waals surface area contributed by atoms with Gasteiger partial charge in [0.1, 0.15) is 19.8 Å². The zero-order valence-electron chi connectivity index (χ0n) is 22.0. The minimum absolute atomic E-state index is 0.0130. The van der Waals surface area contributed by atoms with Crippen molar-refractivity contribution in [3.8, 4) is 0 Å². The fraction of sp³-hybridized carbons (Fsp3) is 0.467. The van der Waals surface area contributed by atoms with Crippen molar-refractivity contribution in [1.82, 2.24) is 0 Å².